The predicted molar refractivity (Wildman–Crippen MR) is 133 cm³/mol. The zero-order valence-electron chi connectivity index (χ0n) is 20.6. The number of hydrogen-bond acceptors (Lipinski definition) is 6. The van der Waals surface area contributed by atoms with E-state index < -0.39 is 47.7 Å². The summed E-state index contributed by atoms with van der Waals surface area (Å²) in [5.41, 5.74) is 1.02. The van der Waals surface area contributed by atoms with E-state index in [2.05, 4.69) is 0 Å². The van der Waals surface area contributed by atoms with Crippen molar-refractivity contribution in [3.63, 3.8) is 0 Å². The Hall–Kier alpha value is -3.94. The first-order valence-corrected chi connectivity index (χ1v) is 11.9. The van der Waals surface area contributed by atoms with Crippen molar-refractivity contribution in [1.82, 2.24) is 9.80 Å². The second kappa shape index (κ2) is 10.4. The Morgan fingerprint density at radius 1 is 1.08 bits per heavy atom. The molecule has 2 aromatic rings. The van der Waals surface area contributed by atoms with Crippen molar-refractivity contribution >= 4 is 30.3 Å². The van der Waals surface area contributed by atoms with Gasteiger partial charge in [-0.15, -0.1) is 0 Å². The normalized spacial score (nSPS) is 22.8. The number of nitrogens with zero attached hydrogens (tertiary/aromatic N) is 2. The molecule has 3 unspecified atom stereocenters. The fourth-order valence-corrected chi connectivity index (χ4v) is 4.59. The zero-order chi connectivity index (χ0) is 25.9. The van der Waals surface area contributed by atoms with Crippen LogP contribution in [0.3, 0.4) is 0 Å². The zero-order valence-corrected chi connectivity index (χ0v) is 20.6. The molecule has 8 heteroatoms. The second-order valence-corrected chi connectivity index (χ2v) is 9.86. The molecule has 0 aliphatic carbocycles. The van der Waals surface area contributed by atoms with E-state index in [1.165, 1.54) is 9.80 Å². The van der Waals surface area contributed by atoms with Gasteiger partial charge in [0.25, 0.3) is 0 Å². The summed E-state index contributed by atoms with van der Waals surface area (Å²) < 4.78 is 10.7. The Labute approximate surface area is 210 Å². The lowest BCUT2D eigenvalue weighted by molar-refractivity contribution is -0.166. The van der Waals surface area contributed by atoms with Crippen LogP contribution in [0.1, 0.15) is 44.4 Å². The molecule has 4 atom stereocenters. The summed E-state index contributed by atoms with van der Waals surface area (Å²) in [6.07, 6.45) is 3.35. The molecule has 0 N–H and O–H groups in total. The van der Waals surface area contributed by atoms with Crippen LogP contribution in [0.4, 0.5) is 4.79 Å². The van der Waals surface area contributed by atoms with E-state index in [4.69, 9.17) is 9.47 Å². The number of aldehydes is 1. The molecule has 0 aromatic heterocycles. The Kier molecular flexibility index (Phi) is 7.24. The molecule has 2 aliphatic heterocycles. The van der Waals surface area contributed by atoms with E-state index in [1.807, 2.05) is 66.7 Å². The van der Waals surface area contributed by atoms with Crippen LogP contribution >= 0.6 is 0 Å². The van der Waals surface area contributed by atoms with Crippen LogP contribution in [0, 0.1) is 0 Å². The third-order valence-corrected chi connectivity index (χ3v) is 6.14. The van der Waals surface area contributed by atoms with E-state index in [0.29, 0.717) is 6.29 Å². The van der Waals surface area contributed by atoms with Gasteiger partial charge in [-0.05, 0) is 31.9 Å². The average Bonchev–Trinajstić information content (AvgIpc) is 3.21. The van der Waals surface area contributed by atoms with Gasteiger partial charge in [0.2, 0.25) is 5.91 Å². The standard InChI is InChI=1S/C28H30N2O6/c1-28(2,3)36-24(32)16-21(17-31)29-22(15-14-19-10-6-4-7-11-19)25(26(29)33)30-23(18-35-27(30)34)20-12-8-5-9-13-20/h4-15,17,21-23,25H,16,18H2,1-3H3/b15-14+/t21-,22?,23?,25?/m1/s1. The lowest BCUT2D eigenvalue weighted by Gasteiger charge is -2.51. The van der Waals surface area contributed by atoms with Crippen molar-refractivity contribution in [2.45, 2.75) is 57.0 Å². The lowest BCUT2D eigenvalue weighted by Crippen LogP contribution is -2.73. The van der Waals surface area contributed by atoms with Crippen LogP contribution in [0.15, 0.2) is 66.7 Å². The molecule has 0 spiro atoms. The van der Waals surface area contributed by atoms with E-state index >= 15 is 0 Å². The summed E-state index contributed by atoms with van der Waals surface area (Å²) in [6, 6.07) is 15.9. The number of carbonyl (C=O) groups excluding carboxylic acids is 4. The Balaban J connectivity index is 1.64. The van der Waals surface area contributed by atoms with Gasteiger partial charge in [-0.3, -0.25) is 14.5 Å². The summed E-state index contributed by atoms with van der Waals surface area (Å²) in [7, 11) is 0. The van der Waals surface area contributed by atoms with Gasteiger partial charge < -0.3 is 19.2 Å². The minimum Gasteiger partial charge on any atom is -0.460 e. The third-order valence-electron chi connectivity index (χ3n) is 6.14. The fraction of sp³-hybridized carbons (Fsp3) is 0.357. The van der Waals surface area contributed by atoms with Crippen LogP contribution in [-0.2, 0) is 23.9 Å². The number of hydrogen-bond donors (Lipinski definition) is 0. The number of likely N-dealkylation sites (tertiary alicyclic amines) is 1. The summed E-state index contributed by atoms with van der Waals surface area (Å²) >= 11 is 0. The Bertz CT molecular complexity index is 1140. The maximum absolute atomic E-state index is 13.5. The van der Waals surface area contributed by atoms with Crippen molar-refractivity contribution in [3.8, 4) is 0 Å². The van der Waals surface area contributed by atoms with Crippen molar-refractivity contribution < 1.29 is 28.7 Å². The van der Waals surface area contributed by atoms with E-state index in [9.17, 15) is 19.2 Å². The van der Waals surface area contributed by atoms with Crippen LogP contribution < -0.4 is 0 Å². The molecule has 8 nitrogen and oxygen atoms in total. The molecule has 188 valence electrons. The first-order chi connectivity index (χ1) is 17.2. The van der Waals surface area contributed by atoms with Crippen molar-refractivity contribution in [1.29, 1.82) is 0 Å². The smallest absolute Gasteiger partial charge is 0.411 e. The molecule has 2 aromatic carbocycles. The van der Waals surface area contributed by atoms with Crippen LogP contribution in [0.25, 0.3) is 6.08 Å². The van der Waals surface area contributed by atoms with Gasteiger partial charge in [-0.25, -0.2) is 4.79 Å². The van der Waals surface area contributed by atoms with Gasteiger partial charge in [0.1, 0.15) is 24.5 Å². The number of benzene rings is 2. The molecule has 2 heterocycles. The van der Waals surface area contributed by atoms with Gasteiger partial charge in [-0.1, -0.05) is 72.8 Å². The highest BCUT2D eigenvalue weighted by atomic mass is 16.6. The quantitative estimate of drug-likeness (QED) is 0.318. The minimum absolute atomic E-state index is 0.122. The van der Waals surface area contributed by atoms with Crippen molar-refractivity contribution in [2.24, 2.45) is 0 Å². The lowest BCUT2D eigenvalue weighted by atomic mass is 9.88. The molecule has 0 bridgehead atoms. The maximum Gasteiger partial charge on any atom is 0.411 e. The highest BCUT2D eigenvalue weighted by Crippen LogP contribution is 2.38. The van der Waals surface area contributed by atoms with Gasteiger partial charge in [0.15, 0.2) is 0 Å². The van der Waals surface area contributed by atoms with Crippen molar-refractivity contribution in [2.75, 3.05) is 6.61 Å². The number of rotatable bonds is 8. The topological polar surface area (TPSA) is 93.2 Å². The first kappa shape index (κ1) is 25.2. The first-order valence-electron chi connectivity index (χ1n) is 11.9. The average molecular weight is 491 g/mol. The van der Waals surface area contributed by atoms with Gasteiger partial charge >= 0.3 is 12.1 Å². The van der Waals surface area contributed by atoms with Gasteiger partial charge in [0.05, 0.1) is 24.5 Å². The molecule has 0 saturated carbocycles. The monoisotopic (exact) mass is 490 g/mol. The van der Waals surface area contributed by atoms with Gasteiger partial charge in [-0.2, -0.15) is 0 Å². The molecule has 2 fully saturated rings. The number of cyclic esters (lactones) is 1. The summed E-state index contributed by atoms with van der Waals surface area (Å²) in [4.78, 5) is 53.6. The Morgan fingerprint density at radius 3 is 2.33 bits per heavy atom. The summed E-state index contributed by atoms with van der Waals surface area (Å²) in [5, 5.41) is 0. The van der Waals surface area contributed by atoms with E-state index in [-0.39, 0.29) is 13.0 Å². The maximum atomic E-state index is 13.5. The molecular weight excluding hydrogens is 460 g/mol. The number of esters is 1. The number of amides is 2. The third kappa shape index (κ3) is 5.32. The van der Waals surface area contributed by atoms with Crippen LogP contribution in [-0.4, -0.2) is 64.4 Å². The molecule has 2 amide bonds. The van der Waals surface area contributed by atoms with E-state index in [0.717, 1.165) is 11.1 Å². The predicted octanol–water partition coefficient (Wildman–Crippen LogP) is 3.77. The number of carbonyl (C=O) groups is 4. The Morgan fingerprint density at radius 2 is 1.72 bits per heavy atom. The minimum atomic E-state index is -1.03. The molecule has 2 saturated heterocycles. The van der Waals surface area contributed by atoms with Gasteiger partial charge in [0, 0.05) is 0 Å². The van der Waals surface area contributed by atoms with E-state index in [1.54, 1.807) is 26.8 Å². The van der Waals surface area contributed by atoms with Crippen molar-refractivity contribution in [3.05, 3.63) is 77.9 Å². The molecule has 4 rings (SSSR count). The van der Waals surface area contributed by atoms with Crippen LogP contribution in [0.5, 0.6) is 0 Å². The molecule has 2 aliphatic rings. The fourth-order valence-electron chi connectivity index (χ4n) is 4.59. The molecule has 36 heavy (non-hydrogen) atoms. The molecular formula is C28H30N2O6. The highest BCUT2D eigenvalue weighted by Gasteiger charge is 2.57. The largest absolute Gasteiger partial charge is 0.460 e. The summed E-state index contributed by atoms with van der Waals surface area (Å²) in [5.74, 6) is -0.998. The number of β-lactam (4-membered cyclic amide) rings is 1. The van der Waals surface area contributed by atoms with Crippen LogP contribution in [0.2, 0.25) is 0 Å². The molecule has 0 radical (unpaired) electrons. The SMILES string of the molecule is CC(C)(C)OC(=O)C[C@H](C=O)N1C(=O)C(N2C(=O)OCC2c2ccccc2)C1/C=C/c1ccccc1. The number of ether oxygens (including phenoxy) is 2. The summed E-state index contributed by atoms with van der Waals surface area (Å²) in [6.45, 7) is 5.33. The second-order valence-electron chi connectivity index (χ2n) is 9.86. The highest BCUT2D eigenvalue weighted by molar-refractivity contribution is 5.96.